The van der Waals surface area contributed by atoms with Crippen molar-refractivity contribution in [2.45, 2.75) is 52.0 Å². The van der Waals surface area contributed by atoms with Crippen LogP contribution < -0.4 is 11.3 Å². The molecule has 0 saturated heterocycles. The van der Waals surface area contributed by atoms with Crippen LogP contribution >= 0.6 is 0 Å². The maximum atomic E-state index is 5.65. The SMILES string of the molecule is CC(C)CCC(NN)C1CC2CC2C1. The smallest absolute Gasteiger partial charge is 0.0239 e. The van der Waals surface area contributed by atoms with Crippen molar-refractivity contribution >= 4 is 0 Å². The van der Waals surface area contributed by atoms with Gasteiger partial charge in [0.2, 0.25) is 0 Å². The topological polar surface area (TPSA) is 38.0 Å². The van der Waals surface area contributed by atoms with Gasteiger partial charge in [-0.3, -0.25) is 11.3 Å². The zero-order chi connectivity index (χ0) is 10.1. The first kappa shape index (κ1) is 10.4. The van der Waals surface area contributed by atoms with E-state index >= 15 is 0 Å². The van der Waals surface area contributed by atoms with Gasteiger partial charge < -0.3 is 0 Å². The Bertz CT molecular complexity index is 181. The third-order valence-corrected chi connectivity index (χ3v) is 4.12. The van der Waals surface area contributed by atoms with Crippen LogP contribution in [-0.2, 0) is 0 Å². The molecule has 0 spiro atoms. The van der Waals surface area contributed by atoms with Gasteiger partial charge in [-0.25, -0.2) is 0 Å². The highest BCUT2D eigenvalue weighted by Crippen LogP contribution is 2.55. The predicted octanol–water partition coefficient (Wildman–Crippen LogP) is 2.30. The molecule has 0 bridgehead atoms. The number of nitrogens with two attached hydrogens (primary N) is 1. The highest BCUT2D eigenvalue weighted by atomic mass is 15.2. The van der Waals surface area contributed by atoms with Crippen molar-refractivity contribution in [2.24, 2.45) is 29.5 Å². The summed E-state index contributed by atoms with van der Waals surface area (Å²) in [6.45, 7) is 4.58. The summed E-state index contributed by atoms with van der Waals surface area (Å²) < 4.78 is 0. The maximum Gasteiger partial charge on any atom is 0.0239 e. The second kappa shape index (κ2) is 4.19. The molecule has 0 aromatic rings. The first-order chi connectivity index (χ1) is 6.70. The molecule has 3 unspecified atom stereocenters. The van der Waals surface area contributed by atoms with E-state index in [1.54, 1.807) is 0 Å². The molecule has 2 fully saturated rings. The van der Waals surface area contributed by atoms with Crippen molar-refractivity contribution in [2.75, 3.05) is 0 Å². The summed E-state index contributed by atoms with van der Waals surface area (Å²) in [6, 6.07) is 0.588. The summed E-state index contributed by atoms with van der Waals surface area (Å²) in [4.78, 5) is 0. The van der Waals surface area contributed by atoms with E-state index in [1.165, 1.54) is 32.1 Å². The Kier molecular flexibility index (Phi) is 3.13. The molecule has 0 aromatic heterocycles. The number of rotatable bonds is 5. The summed E-state index contributed by atoms with van der Waals surface area (Å²) in [7, 11) is 0. The van der Waals surface area contributed by atoms with Crippen LogP contribution in [0.3, 0.4) is 0 Å². The molecule has 0 radical (unpaired) electrons. The molecule has 0 aliphatic heterocycles. The molecule has 2 nitrogen and oxygen atoms in total. The fraction of sp³-hybridized carbons (Fsp3) is 1.00. The van der Waals surface area contributed by atoms with Gasteiger partial charge in [0, 0.05) is 6.04 Å². The van der Waals surface area contributed by atoms with E-state index in [1.807, 2.05) is 0 Å². The molecule has 0 aromatic carbocycles. The molecule has 2 saturated carbocycles. The van der Waals surface area contributed by atoms with Gasteiger partial charge in [0.1, 0.15) is 0 Å². The van der Waals surface area contributed by atoms with Gasteiger partial charge in [0.15, 0.2) is 0 Å². The Hall–Kier alpha value is -0.0800. The lowest BCUT2D eigenvalue weighted by atomic mass is 9.90. The minimum atomic E-state index is 0.588. The van der Waals surface area contributed by atoms with Crippen LogP contribution in [0.25, 0.3) is 0 Å². The predicted molar refractivity (Wildman–Crippen MR) is 59.5 cm³/mol. The van der Waals surface area contributed by atoms with Crippen LogP contribution in [0.15, 0.2) is 0 Å². The van der Waals surface area contributed by atoms with E-state index in [4.69, 9.17) is 5.84 Å². The van der Waals surface area contributed by atoms with Crippen LogP contribution in [0.1, 0.15) is 46.0 Å². The molecule has 2 rings (SSSR count). The molecule has 3 N–H and O–H groups in total. The quantitative estimate of drug-likeness (QED) is 0.523. The fourth-order valence-corrected chi connectivity index (χ4v) is 3.06. The highest BCUT2D eigenvalue weighted by Gasteiger charge is 2.47. The van der Waals surface area contributed by atoms with Crippen molar-refractivity contribution < 1.29 is 0 Å². The summed E-state index contributed by atoms with van der Waals surface area (Å²) >= 11 is 0. The Balaban J connectivity index is 1.74. The summed E-state index contributed by atoms with van der Waals surface area (Å²) in [5, 5.41) is 0. The highest BCUT2D eigenvalue weighted by molar-refractivity contribution is 4.98. The molecule has 2 heteroatoms. The summed E-state index contributed by atoms with van der Waals surface area (Å²) in [5.74, 6) is 9.49. The normalized spacial score (nSPS) is 37.3. The van der Waals surface area contributed by atoms with Gasteiger partial charge in [-0.1, -0.05) is 13.8 Å². The molecule has 0 amide bonds. The van der Waals surface area contributed by atoms with E-state index in [2.05, 4.69) is 19.3 Å². The van der Waals surface area contributed by atoms with Gasteiger partial charge in [-0.05, 0) is 55.8 Å². The lowest BCUT2D eigenvalue weighted by molar-refractivity contribution is 0.305. The van der Waals surface area contributed by atoms with Crippen molar-refractivity contribution in [1.82, 2.24) is 5.43 Å². The number of fused-ring (bicyclic) bond motifs is 1. The van der Waals surface area contributed by atoms with Crippen molar-refractivity contribution in [1.29, 1.82) is 0 Å². The molecule has 82 valence electrons. The average Bonchev–Trinajstić information content (AvgIpc) is 2.75. The van der Waals surface area contributed by atoms with Crippen LogP contribution in [0, 0.1) is 23.7 Å². The second-order valence-electron chi connectivity index (χ2n) is 5.73. The van der Waals surface area contributed by atoms with E-state index in [0.717, 1.165) is 23.7 Å². The van der Waals surface area contributed by atoms with Gasteiger partial charge in [-0.15, -0.1) is 0 Å². The molecule has 2 aliphatic rings. The molecule has 14 heavy (non-hydrogen) atoms. The number of hydrogen-bond donors (Lipinski definition) is 2. The first-order valence-corrected chi connectivity index (χ1v) is 6.16. The average molecular weight is 196 g/mol. The largest absolute Gasteiger partial charge is 0.271 e. The zero-order valence-corrected chi connectivity index (χ0v) is 9.50. The number of hydrazine groups is 1. The third kappa shape index (κ3) is 2.29. The Morgan fingerprint density at radius 2 is 1.79 bits per heavy atom. The zero-order valence-electron chi connectivity index (χ0n) is 9.50. The lowest BCUT2D eigenvalue weighted by Gasteiger charge is -2.24. The van der Waals surface area contributed by atoms with E-state index in [-0.39, 0.29) is 0 Å². The van der Waals surface area contributed by atoms with Gasteiger partial charge >= 0.3 is 0 Å². The summed E-state index contributed by atoms with van der Waals surface area (Å²) in [5.41, 5.74) is 3.04. The third-order valence-electron chi connectivity index (χ3n) is 4.12. The molecular weight excluding hydrogens is 172 g/mol. The maximum absolute atomic E-state index is 5.65. The molecule has 0 heterocycles. The van der Waals surface area contributed by atoms with Crippen LogP contribution in [0.4, 0.5) is 0 Å². The molecular formula is C12H24N2. The monoisotopic (exact) mass is 196 g/mol. The van der Waals surface area contributed by atoms with E-state index in [0.29, 0.717) is 6.04 Å². The lowest BCUT2D eigenvalue weighted by Crippen LogP contribution is -2.40. The number of nitrogens with one attached hydrogen (secondary N) is 1. The van der Waals surface area contributed by atoms with Crippen LogP contribution in [-0.4, -0.2) is 6.04 Å². The molecule has 2 aliphatic carbocycles. The fourth-order valence-electron chi connectivity index (χ4n) is 3.06. The van der Waals surface area contributed by atoms with E-state index in [9.17, 15) is 0 Å². The van der Waals surface area contributed by atoms with Crippen molar-refractivity contribution in [3.63, 3.8) is 0 Å². The molecule has 3 atom stereocenters. The van der Waals surface area contributed by atoms with Crippen molar-refractivity contribution in [3.05, 3.63) is 0 Å². The first-order valence-electron chi connectivity index (χ1n) is 6.16. The van der Waals surface area contributed by atoms with Gasteiger partial charge in [-0.2, -0.15) is 0 Å². The Labute approximate surface area is 87.6 Å². The summed E-state index contributed by atoms with van der Waals surface area (Å²) in [6.07, 6.45) is 6.96. The van der Waals surface area contributed by atoms with E-state index < -0.39 is 0 Å². The Morgan fingerprint density at radius 3 is 2.29 bits per heavy atom. The second-order valence-corrected chi connectivity index (χ2v) is 5.73. The minimum absolute atomic E-state index is 0.588. The van der Waals surface area contributed by atoms with Crippen LogP contribution in [0.5, 0.6) is 0 Å². The van der Waals surface area contributed by atoms with Crippen LogP contribution in [0.2, 0.25) is 0 Å². The van der Waals surface area contributed by atoms with Gasteiger partial charge in [0.05, 0.1) is 0 Å². The standard InChI is InChI=1S/C12H24N2/c1-8(2)3-4-12(14-13)11-6-9-5-10(9)7-11/h8-12,14H,3-7,13H2,1-2H3. The number of hydrogen-bond acceptors (Lipinski definition) is 2. The van der Waals surface area contributed by atoms with Gasteiger partial charge in [0.25, 0.3) is 0 Å². The van der Waals surface area contributed by atoms with Crippen molar-refractivity contribution in [3.8, 4) is 0 Å². The Morgan fingerprint density at radius 1 is 1.14 bits per heavy atom. The minimum Gasteiger partial charge on any atom is -0.271 e.